The van der Waals surface area contributed by atoms with Gasteiger partial charge in [-0.3, -0.25) is 0 Å². The van der Waals surface area contributed by atoms with Crippen molar-refractivity contribution in [2.45, 2.75) is 65.2 Å². The molecule has 0 fully saturated rings. The summed E-state index contributed by atoms with van der Waals surface area (Å²) in [7, 11) is 0. The first-order valence-electron chi connectivity index (χ1n) is 9.78. The topological polar surface area (TPSA) is 0 Å². The molecule has 1 radical (unpaired) electrons. The van der Waals surface area contributed by atoms with Gasteiger partial charge in [-0.05, 0) is 46.1 Å². The minimum Gasteiger partial charge on any atom is -0.0654 e. The molecule has 0 atom stereocenters. The SMILES string of the molecule is CCCCCCC1=Cc2c(cccc2-c2ccc(C(C)(C)C)cc2)[CH]1. The van der Waals surface area contributed by atoms with Gasteiger partial charge in [0.25, 0.3) is 0 Å². The number of hydrogen-bond acceptors (Lipinski definition) is 0. The molecule has 0 unspecified atom stereocenters. The summed E-state index contributed by atoms with van der Waals surface area (Å²) in [5.74, 6) is 0. The lowest BCUT2D eigenvalue weighted by Crippen LogP contribution is -2.10. The smallest absolute Gasteiger partial charge is 0.0164 e. The number of benzene rings is 2. The molecule has 2 aromatic rings. The van der Waals surface area contributed by atoms with Gasteiger partial charge < -0.3 is 0 Å². The standard InChI is InChI=1S/C25H31/c1-5-6-7-8-10-19-17-21-11-9-12-23(24(21)18-19)20-13-15-22(16-14-20)25(2,3)4/h9,11-18H,5-8,10H2,1-4H3. The summed E-state index contributed by atoms with van der Waals surface area (Å²) in [6.45, 7) is 9.08. The summed E-state index contributed by atoms with van der Waals surface area (Å²) in [6, 6.07) is 15.8. The lowest BCUT2D eigenvalue weighted by molar-refractivity contribution is 0.590. The molecule has 0 heteroatoms. The van der Waals surface area contributed by atoms with Crippen molar-refractivity contribution in [3.05, 3.63) is 71.1 Å². The molecule has 0 amide bonds. The van der Waals surface area contributed by atoms with Crippen LogP contribution >= 0.6 is 0 Å². The Kier molecular flexibility index (Phi) is 5.47. The van der Waals surface area contributed by atoms with Crippen LogP contribution in [0.4, 0.5) is 0 Å². The lowest BCUT2D eigenvalue weighted by atomic mass is 9.86. The van der Waals surface area contributed by atoms with Crippen molar-refractivity contribution < 1.29 is 0 Å². The second-order valence-corrected chi connectivity index (χ2v) is 8.31. The van der Waals surface area contributed by atoms with Crippen LogP contribution < -0.4 is 0 Å². The van der Waals surface area contributed by atoms with E-state index in [4.69, 9.17) is 0 Å². The molecule has 0 saturated carbocycles. The Morgan fingerprint density at radius 1 is 0.840 bits per heavy atom. The van der Waals surface area contributed by atoms with E-state index in [2.05, 4.69) is 82.7 Å². The number of allylic oxidation sites excluding steroid dienone is 1. The van der Waals surface area contributed by atoms with Crippen molar-refractivity contribution in [1.29, 1.82) is 0 Å². The third-order valence-corrected chi connectivity index (χ3v) is 5.19. The zero-order chi connectivity index (χ0) is 17.9. The predicted molar refractivity (Wildman–Crippen MR) is 111 cm³/mol. The maximum Gasteiger partial charge on any atom is 0.0164 e. The van der Waals surface area contributed by atoms with Crippen LogP contribution in [0.2, 0.25) is 0 Å². The highest BCUT2D eigenvalue weighted by molar-refractivity contribution is 5.83. The Bertz CT molecular complexity index is 739. The van der Waals surface area contributed by atoms with Crippen molar-refractivity contribution >= 4 is 6.08 Å². The van der Waals surface area contributed by atoms with E-state index in [0.717, 1.165) is 0 Å². The van der Waals surface area contributed by atoms with Crippen LogP contribution in [0.1, 0.15) is 76.5 Å². The maximum atomic E-state index is 2.41. The fourth-order valence-corrected chi connectivity index (χ4v) is 3.60. The van der Waals surface area contributed by atoms with Crippen LogP contribution in [0.15, 0.2) is 48.0 Å². The zero-order valence-electron chi connectivity index (χ0n) is 16.2. The van der Waals surface area contributed by atoms with Crippen molar-refractivity contribution in [3.63, 3.8) is 0 Å². The van der Waals surface area contributed by atoms with E-state index in [-0.39, 0.29) is 5.41 Å². The van der Waals surface area contributed by atoms with E-state index < -0.39 is 0 Å². The molecule has 0 bridgehead atoms. The van der Waals surface area contributed by atoms with E-state index >= 15 is 0 Å². The molecule has 0 heterocycles. The van der Waals surface area contributed by atoms with Crippen LogP contribution in [0.25, 0.3) is 17.2 Å². The monoisotopic (exact) mass is 331 g/mol. The largest absolute Gasteiger partial charge is 0.0654 e. The first-order valence-corrected chi connectivity index (χ1v) is 9.78. The number of fused-ring (bicyclic) bond motifs is 1. The summed E-state index contributed by atoms with van der Waals surface area (Å²) >= 11 is 0. The molecule has 0 spiro atoms. The molecule has 0 saturated heterocycles. The maximum absolute atomic E-state index is 2.41. The van der Waals surface area contributed by atoms with E-state index in [1.165, 1.54) is 65.5 Å². The van der Waals surface area contributed by atoms with Gasteiger partial charge in [0.2, 0.25) is 0 Å². The molecule has 131 valence electrons. The van der Waals surface area contributed by atoms with E-state index in [0.29, 0.717) is 0 Å². The normalized spacial score (nSPS) is 13.7. The Balaban J connectivity index is 1.81. The van der Waals surface area contributed by atoms with Crippen molar-refractivity contribution in [2.75, 3.05) is 0 Å². The Labute approximate surface area is 154 Å². The number of hydrogen-bond donors (Lipinski definition) is 0. The number of rotatable bonds is 6. The first-order chi connectivity index (χ1) is 12.0. The summed E-state index contributed by atoms with van der Waals surface area (Å²) in [4.78, 5) is 0. The van der Waals surface area contributed by atoms with Gasteiger partial charge in [0.05, 0.1) is 0 Å². The van der Waals surface area contributed by atoms with E-state index in [1.54, 1.807) is 0 Å². The summed E-state index contributed by atoms with van der Waals surface area (Å²) in [5, 5.41) is 0. The fourth-order valence-electron chi connectivity index (χ4n) is 3.60. The molecule has 1 aliphatic rings. The molecule has 0 aliphatic heterocycles. The second kappa shape index (κ2) is 7.60. The molecular weight excluding hydrogens is 300 g/mol. The summed E-state index contributed by atoms with van der Waals surface area (Å²) < 4.78 is 0. The average Bonchev–Trinajstić information content (AvgIpc) is 3.01. The zero-order valence-corrected chi connectivity index (χ0v) is 16.2. The highest BCUT2D eigenvalue weighted by Gasteiger charge is 2.18. The van der Waals surface area contributed by atoms with Gasteiger partial charge in [-0.2, -0.15) is 0 Å². The second-order valence-electron chi connectivity index (χ2n) is 8.31. The van der Waals surface area contributed by atoms with Crippen molar-refractivity contribution in [1.82, 2.24) is 0 Å². The first kappa shape index (κ1) is 18.0. The van der Waals surface area contributed by atoms with Crippen LogP contribution in [0.3, 0.4) is 0 Å². The van der Waals surface area contributed by atoms with Crippen LogP contribution in [0, 0.1) is 6.42 Å². The quantitative estimate of drug-likeness (QED) is 0.479. The van der Waals surface area contributed by atoms with Gasteiger partial charge in [-0.15, -0.1) is 0 Å². The molecule has 1 aliphatic carbocycles. The third kappa shape index (κ3) is 4.24. The molecule has 3 rings (SSSR count). The minimum absolute atomic E-state index is 0.205. The number of unbranched alkanes of at least 4 members (excludes halogenated alkanes) is 3. The predicted octanol–water partition coefficient (Wildman–Crippen LogP) is 7.57. The van der Waals surface area contributed by atoms with Crippen LogP contribution in [-0.2, 0) is 5.41 Å². The molecule has 25 heavy (non-hydrogen) atoms. The highest BCUT2D eigenvalue weighted by Crippen LogP contribution is 2.37. The average molecular weight is 332 g/mol. The van der Waals surface area contributed by atoms with Gasteiger partial charge in [-0.25, -0.2) is 0 Å². The van der Waals surface area contributed by atoms with Gasteiger partial charge in [0, 0.05) is 6.42 Å². The third-order valence-electron chi connectivity index (χ3n) is 5.19. The van der Waals surface area contributed by atoms with Crippen LogP contribution in [-0.4, -0.2) is 0 Å². The van der Waals surface area contributed by atoms with E-state index in [9.17, 15) is 0 Å². The summed E-state index contributed by atoms with van der Waals surface area (Å²) in [6.07, 6.45) is 11.3. The fraction of sp³-hybridized carbons (Fsp3) is 0.400. The Hall–Kier alpha value is -1.82. The van der Waals surface area contributed by atoms with Crippen molar-refractivity contribution in [3.8, 4) is 11.1 Å². The summed E-state index contributed by atoms with van der Waals surface area (Å²) in [5.41, 5.74) is 8.54. The lowest BCUT2D eigenvalue weighted by Gasteiger charge is -2.19. The molecule has 0 aromatic heterocycles. The van der Waals surface area contributed by atoms with Gasteiger partial charge in [0.15, 0.2) is 0 Å². The highest BCUT2D eigenvalue weighted by atomic mass is 14.2. The molecule has 0 N–H and O–H groups in total. The van der Waals surface area contributed by atoms with E-state index in [1.807, 2.05) is 0 Å². The van der Waals surface area contributed by atoms with Gasteiger partial charge >= 0.3 is 0 Å². The minimum atomic E-state index is 0.205. The Morgan fingerprint density at radius 3 is 2.28 bits per heavy atom. The molecule has 0 nitrogen and oxygen atoms in total. The van der Waals surface area contributed by atoms with Gasteiger partial charge in [-0.1, -0.05) is 101 Å². The molecule has 2 aromatic carbocycles. The van der Waals surface area contributed by atoms with Gasteiger partial charge in [0.1, 0.15) is 0 Å². The molecular formula is C25H31. The van der Waals surface area contributed by atoms with Crippen LogP contribution in [0.5, 0.6) is 0 Å². The Morgan fingerprint density at radius 2 is 1.60 bits per heavy atom. The van der Waals surface area contributed by atoms with Crippen molar-refractivity contribution in [2.24, 2.45) is 0 Å².